The first-order valence-electron chi connectivity index (χ1n) is 6.99. The third-order valence-electron chi connectivity index (χ3n) is 3.15. The van der Waals surface area contributed by atoms with Crippen LogP contribution in [-0.4, -0.2) is 12.0 Å². The van der Waals surface area contributed by atoms with E-state index < -0.39 is 23.6 Å². The summed E-state index contributed by atoms with van der Waals surface area (Å²) >= 11 is 0. The van der Waals surface area contributed by atoms with Gasteiger partial charge in [0.15, 0.2) is 6.10 Å². The lowest BCUT2D eigenvalue weighted by molar-refractivity contribution is -0.122. The first-order chi connectivity index (χ1) is 10.5. The zero-order chi connectivity index (χ0) is 16.1. The lowest BCUT2D eigenvalue weighted by Crippen LogP contribution is -2.32. The van der Waals surface area contributed by atoms with Crippen molar-refractivity contribution in [3.8, 4) is 5.75 Å². The first kappa shape index (κ1) is 15.9. The van der Waals surface area contributed by atoms with Gasteiger partial charge in [-0.25, -0.2) is 8.78 Å². The molecule has 2 rings (SSSR count). The van der Waals surface area contributed by atoms with Gasteiger partial charge < -0.3 is 10.1 Å². The van der Waals surface area contributed by atoms with Crippen LogP contribution >= 0.6 is 0 Å². The number of halogens is 2. The van der Waals surface area contributed by atoms with E-state index in [0.717, 1.165) is 17.7 Å². The van der Waals surface area contributed by atoms with Gasteiger partial charge in [-0.2, -0.15) is 0 Å². The van der Waals surface area contributed by atoms with Crippen molar-refractivity contribution in [1.29, 1.82) is 0 Å². The quantitative estimate of drug-likeness (QED) is 0.904. The molecule has 3 nitrogen and oxygen atoms in total. The number of aryl methyl sites for hydroxylation is 1. The number of ether oxygens (including phenoxy) is 1. The molecule has 116 valence electrons. The Morgan fingerprint density at radius 1 is 1.18 bits per heavy atom. The maximum absolute atomic E-state index is 13.6. The van der Waals surface area contributed by atoms with Crippen LogP contribution in [-0.2, 0) is 4.79 Å². The monoisotopic (exact) mass is 305 g/mol. The summed E-state index contributed by atoms with van der Waals surface area (Å²) in [6.07, 6.45) is -0.338. The van der Waals surface area contributed by atoms with Gasteiger partial charge in [-0.3, -0.25) is 4.79 Å². The molecule has 0 heterocycles. The van der Waals surface area contributed by atoms with Crippen molar-refractivity contribution in [2.45, 2.75) is 26.4 Å². The van der Waals surface area contributed by atoms with Crippen LogP contribution in [0.25, 0.3) is 0 Å². The fourth-order valence-corrected chi connectivity index (χ4v) is 1.91. The summed E-state index contributed by atoms with van der Waals surface area (Å²) in [7, 11) is 0. The molecule has 5 heteroatoms. The molecule has 0 aliphatic carbocycles. The molecular formula is C17H17F2NO2. The number of benzene rings is 2. The Hall–Kier alpha value is -2.43. The second-order valence-electron chi connectivity index (χ2n) is 4.94. The summed E-state index contributed by atoms with van der Waals surface area (Å²) in [5, 5.41) is 2.41. The zero-order valence-electron chi connectivity index (χ0n) is 12.4. The van der Waals surface area contributed by atoms with Crippen LogP contribution in [0.2, 0.25) is 0 Å². The van der Waals surface area contributed by atoms with E-state index in [4.69, 9.17) is 4.74 Å². The molecule has 22 heavy (non-hydrogen) atoms. The van der Waals surface area contributed by atoms with E-state index >= 15 is 0 Å². The van der Waals surface area contributed by atoms with Crippen LogP contribution in [0.5, 0.6) is 5.75 Å². The Morgan fingerprint density at radius 3 is 2.45 bits per heavy atom. The van der Waals surface area contributed by atoms with Crippen molar-refractivity contribution in [3.63, 3.8) is 0 Å². The maximum Gasteiger partial charge on any atom is 0.265 e. The zero-order valence-corrected chi connectivity index (χ0v) is 12.4. The second-order valence-corrected chi connectivity index (χ2v) is 4.94. The molecule has 0 fully saturated rings. The Labute approximate surface area is 127 Å². The van der Waals surface area contributed by atoms with E-state index in [2.05, 4.69) is 5.32 Å². The molecule has 0 aliphatic rings. The van der Waals surface area contributed by atoms with Crippen molar-refractivity contribution in [2.75, 3.05) is 5.32 Å². The molecule has 0 spiro atoms. The fourth-order valence-electron chi connectivity index (χ4n) is 1.91. The van der Waals surface area contributed by atoms with Gasteiger partial charge in [0, 0.05) is 6.07 Å². The Kier molecular flexibility index (Phi) is 5.09. The average molecular weight is 305 g/mol. The van der Waals surface area contributed by atoms with E-state index in [-0.39, 0.29) is 5.69 Å². The third kappa shape index (κ3) is 4.04. The van der Waals surface area contributed by atoms with Crippen LogP contribution in [0.3, 0.4) is 0 Å². The molecule has 2 aromatic carbocycles. The van der Waals surface area contributed by atoms with E-state index in [0.29, 0.717) is 12.2 Å². The van der Waals surface area contributed by atoms with Gasteiger partial charge in [-0.1, -0.05) is 24.6 Å². The van der Waals surface area contributed by atoms with Gasteiger partial charge >= 0.3 is 0 Å². The summed E-state index contributed by atoms with van der Waals surface area (Å²) in [6, 6.07) is 10.3. The van der Waals surface area contributed by atoms with Crippen LogP contribution in [0.15, 0.2) is 42.5 Å². The largest absolute Gasteiger partial charge is 0.481 e. The minimum Gasteiger partial charge on any atom is -0.481 e. The van der Waals surface area contributed by atoms with E-state index in [9.17, 15) is 13.6 Å². The molecule has 0 radical (unpaired) electrons. The van der Waals surface area contributed by atoms with Gasteiger partial charge in [0.1, 0.15) is 17.4 Å². The maximum atomic E-state index is 13.6. The molecule has 1 amide bonds. The van der Waals surface area contributed by atoms with Gasteiger partial charge in [-0.15, -0.1) is 0 Å². The normalized spacial score (nSPS) is 11.8. The average Bonchev–Trinajstić information content (AvgIpc) is 2.49. The Morgan fingerprint density at radius 2 is 1.86 bits per heavy atom. The van der Waals surface area contributed by atoms with E-state index in [1.165, 1.54) is 6.07 Å². The summed E-state index contributed by atoms with van der Waals surface area (Å²) in [6.45, 7) is 3.74. The molecule has 1 N–H and O–H groups in total. The van der Waals surface area contributed by atoms with Gasteiger partial charge in [0.25, 0.3) is 5.91 Å². The highest BCUT2D eigenvalue weighted by molar-refractivity contribution is 5.94. The highest BCUT2D eigenvalue weighted by Crippen LogP contribution is 2.18. The third-order valence-corrected chi connectivity index (χ3v) is 3.15. The lowest BCUT2D eigenvalue weighted by Gasteiger charge is -2.17. The molecule has 0 aromatic heterocycles. The van der Waals surface area contributed by atoms with Gasteiger partial charge in [-0.05, 0) is 37.6 Å². The summed E-state index contributed by atoms with van der Waals surface area (Å²) in [5.74, 6) is -1.43. The standard InChI is InChI=1S/C17H17F2NO2/c1-3-16(22-13-7-4-11(2)5-8-13)17(21)20-15-9-6-12(18)10-14(15)19/h4-10,16H,3H2,1-2H3,(H,20,21)/t16-/m1/s1. The van der Waals surface area contributed by atoms with Crippen molar-refractivity contribution >= 4 is 11.6 Å². The molecule has 1 atom stereocenters. The van der Waals surface area contributed by atoms with Crippen molar-refractivity contribution in [3.05, 3.63) is 59.7 Å². The highest BCUT2D eigenvalue weighted by Gasteiger charge is 2.19. The summed E-state index contributed by atoms with van der Waals surface area (Å²) < 4.78 is 32.0. The molecular weight excluding hydrogens is 288 g/mol. The fraction of sp³-hybridized carbons (Fsp3) is 0.235. The molecule has 0 bridgehead atoms. The minimum atomic E-state index is -0.821. The predicted octanol–water partition coefficient (Wildman–Crippen LogP) is 4.07. The molecule has 2 aromatic rings. The number of carbonyl (C=O) groups is 1. The number of amides is 1. The lowest BCUT2D eigenvalue weighted by atomic mass is 10.2. The highest BCUT2D eigenvalue weighted by atomic mass is 19.1. The van der Waals surface area contributed by atoms with Crippen LogP contribution in [0, 0.1) is 18.6 Å². The molecule has 0 saturated heterocycles. The number of carbonyl (C=O) groups excluding carboxylic acids is 1. The number of nitrogens with one attached hydrogen (secondary N) is 1. The van der Waals surface area contributed by atoms with Crippen molar-refractivity contribution in [2.24, 2.45) is 0 Å². The minimum absolute atomic E-state index is 0.0719. The van der Waals surface area contributed by atoms with E-state index in [1.807, 2.05) is 19.1 Å². The van der Waals surface area contributed by atoms with Crippen LogP contribution in [0.4, 0.5) is 14.5 Å². The summed E-state index contributed by atoms with van der Waals surface area (Å²) in [5.41, 5.74) is 1.01. The molecule has 0 aliphatic heterocycles. The number of hydrogen-bond acceptors (Lipinski definition) is 2. The van der Waals surface area contributed by atoms with Crippen LogP contribution in [0.1, 0.15) is 18.9 Å². The topological polar surface area (TPSA) is 38.3 Å². The van der Waals surface area contributed by atoms with E-state index in [1.54, 1.807) is 19.1 Å². The van der Waals surface area contributed by atoms with Crippen LogP contribution < -0.4 is 10.1 Å². The number of hydrogen-bond donors (Lipinski definition) is 1. The number of rotatable bonds is 5. The summed E-state index contributed by atoms with van der Waals surface area (Å²) in [4.78, 5) is 12.2. The first-order valence-corrected chi connectivity index (χ1v) is 6.99. The molecule has 0 saturated carbocycles. The SMILES string of the molecule is CC[C@@H](Oc1ccc(C)cc1)C(=O)Nc1ccc(F)cc1F. The van der Waals surface area contributed by atoms with Crippen molar-refractivity contribution in [1.82, 2.24) is 0 Å². The Bertz CT molecular complexity index is 656. The van der Waals surface area contributed by atoms with Crippen molar-refractivity contribution < 1.29 is 18.3 Å². The van der Waals surface area contributed by atoms with Gasteiger partial charge in [0.05, 0.1) is 5.69 Å². The van der Waals surface area contributed by atoms with Gasteiger partial charge in [0.2, 0.25) is 0 Å². The predicted molar refractivity (Wildman–Crippen MR) is 80.9 cm³/mol. The number of anilines is 1. The molecule has 0 unspecified atom stereocenters. The second kappa shape index (κ2) is 7.02. The Balaban J connectivity index is 2.06. The smallest absolute Gasteiger partial charge is 0.265 e.